The second-order valence-corrected chi connectivity index (χ2v) is 8.42. The lowest BCUT2D eigenvalue weighted by Crippen LogP contribution is -2.39. The van der Waals surface area contributed by atoms with E-state index >= 15 is 0 Å². The Morgan fingerprint density at radius 3 is 2.66 bits per heavy atom. The van der Waals surface area contributed by atoms with Gasteiger partial charge in [0.2, 0.25) is 17.7 Å². The number of hydrogen-bond acceptors (Lipinski definition) is 6. The van der Waals surface area contributed by atoms with Gasteiger partial charge in [-0.1, -0.05) is 37.2 Å². The molecule has 0 bridgehead atoms. The van der Waals surface area contributed by atoms with Crippen molar-refractivity contribution in [3.8, 4) is 0 Å². The molecule has 32 heavy (non-hydrogen) atoms. The van der Waals surface area contributed by atoms with E-state index in [1.165, 1.54) is 0 Å². The van der Waals surface area contributed by atoms with Crippen molar-refractivity contribution in [1.82, 2.24) is 20.4 Å². The summed E-state index contributed by atoms with van der Waals surface area (Å²) in [5.74, 6) is 1.55. The van der Waals surface area contributed by atoms with Gasteiger partial charge in [0.1, 0.15) is 0 Å². The van der Waals surface area contributed by atoms with Crippen LogP contribution in [-0.4, -0.2) is 53.0 Å². The largest absolute Gasteiger partial charge is 0.341 e. The summed E-state index contributed by atoms with van der Waals surface area (Å²) < 4.78 is 5.12. The number of anilines is 1. The van der Waals surface area contributed by atoms with Gasteiger partial charge in [-0.05, 0) is 30.9 Å². The summed E-state index contributed by atoms with van der Waals surface area (Å²) in [7, 11) is 0. The first kappa shape index (κ1) is 25.8. The second-order valence-electron chi connectivity index (χ2n) is 8.42. The zero-order chi connectivity index (χ0) is 22.2. The second kappa shape index (κ2) is 12.6. The first-order valence-corrected chi connectivity index (χ1v) is 11.1. The van der Waals surface area contributed by atoms with Crippen LogP contribution >= 0.6 is 12.4 Å². The van der Waals surface area contributed by atoms with E-state index in [0.717, 1.165) is 17.7 Å². The fourth-order valence-corrected chi connectivity index (χ4v) is 3.79. The number of rotatable bonds is 5. The number of hydrogen-bond donors (Lipinski definition) is 1. The standard InChI is InChI=1S/C23H33N5O3.ClH/c1-17(2)15-23(30)28-13-6-12-27(22(29)10-9-21-25-18(3)26-31-21)14-11-24-16-19-7-4-5-8-20(19)28;/h4-5,7-8,17,24H,6,9-16H2,1-3H3;1H. The Bertz CT molecular complexity index is 886. The summed E-state index contributed by atoms with van der Waals surface area (Å²) in [6.07, 6.45) is 2.00. The van der Waals surface area contributed by atoms with E-state index in [-0.39, 0.29) is 24.2 Å². The molecule has 2 heterocycles. The predicted octanol–water partition coefficient (Wildman–Crippen LogP) is 3.13. The third-order valence-electron chi connectivity index (χ3n) is 5.33. The molecule has 0 atom stereocenters. The molecule has 176 valence electrons. The molecule has 0 aliphatic carbocycles. The molecule has 0 fully saturated rings. The van der Waals surface area contributed by atoms with Crippen LogP contribution in [0.25, 0.3) is 0 Å². The summed E-state index contributed by atoms with van der Waals surface area (Å²) in [5, 5.41) is 7.20. The Kier molecular flexibility index (Phi) is 10.1. The van der Waals surface area contributed by atoms with E-state index in [4.69, 9.17) is 4.52 Å². The van der Waals surface area contributed by atoms with Crippen molar-refractivity contribution < 1.29 is 14.1 Å². The molecular weight excluding hydrogens is 430 g/mol. The molecule has 3 rings (SSSR count). The van der Waals surface area contributed by atoms with Crippen LogP contribution in [-0.2, 0) is 22.6 Å². The number of halogens is 1. The molecule has 1 aromatic heterocycles. The van der Waals surface area contributed by atoms with Crippen molar-refractivity contribution in [2.75, 3.05) is 31.1 Å². The molecule has 0 saturated heterocycles. The quantitative estimate of drug-likeness (QED) is 0.732. The number of aryl methyl sites for hydroxylation is 2. The van der Waals surface area contributed by atoms with Crippen LogP contribution in [0, 0.1) is 12.8 Å². The molecule has 1 N–H and O–H groups in total. The van der Waals surface area contributed by atoms with Gasteiger partial charge in [0.15, 0.2) is 5.82 Å². The Balaban J connectivity index is 0.00000363. The monoisotopic (exact) mass is 463 g/mol. The summed E-state index contributed by atoms with van der Waals surface area (Å²) in [5.41, 5.74) is 2.07. The molecule has 1 aromatic carbocycles. The van der Waals surface area contributed by atoms with Gasteiger partial charge < -0.3 is 19.6 Å². The van der Waals surface area contributed by atoms with E-state index in [2.05, 4.69) is 35.4 Å². The maximum atomic E-state index is 13.0. The maximum absolute atomic E-state index is 13.0. The van der Waals surface area contributed by atoms with E-state index in [1.807, 2.05) is 28.0 Å². The molecule has 2 amide bonds. The lowest BCUT2D eigenvalue weighted by atomic mass is 10.1. The van der Waals surface area contributed by atoms with Gasteiger partial charge in [-0.15, -0.1) is 12.4 Å². The molecule has 0 unspecified atom stereocenters. The minimum absolute atomic E-state index is 0. The number of nitrogens with one attached hydrogen (secondary N) is 1. The van der Waals surface area contributed by atoms with Crippen molar-refractivity contribution in [2.45, 2.75) is 53.0 Å². The van der Waals surface area contributed by atoms with E-state index in [9.17, 15) is 9.59 Å². The van der Waals surface area contributed by atoms with E-state index < -0.39 is 0 Å². The zero-order valence-electron chi connectivity index (χ0n) is 19.2. The van der Waals surface area contributed by atoms with E-state index in [1.54, 1.807) is 6.92 Å². The average Bonchev–Trinajstić information content (AvgIpc) is 3.14. The van der Waals surface area contributed by atoms with Crippen LogP contribution in [0.3, 0.4) is 0 Å². The number of amides is 2. The number of para-hydroxylation sites is 1. The van der Waals surface area contributed by atoms with Crippen molar-refractivity contribution in [3.05, 3.63) is 41.5 Å². The molecular formula is C23H34ClN5O3. The Labute approximate surface area is 196 Å². The number of carbonyl (C=O) groups excluding carboxylic acids is 2. The summed E-state index contributed by atoms with van der Waals surface area (Å²) in [6.45, 7) is 9.06. The summed E-state index contributed by atoms with van der Waals surface area (Å²) in [4.78, 5) is 33.8. The van der Waals surface area contributed by atoms with Crippen molar-refractivity contribution in [3.63, 3.8) is 0 Å². The molecule has 0 radical (unpaired) electrons. The van der Waals surface area contributed by atoms with E-state index in [0.29, 0.717) is 69.6 Å². The highest BCUT2D eigenvalue weighted by Gasteiger charge is 2.22. The topological polar surface area (TPSA) is 91.6 Å². The van der Waals surface area contributed by atoms with Gasteiger partial charge >= 0.3 is 0 Å². The normalized spacial score (nSPS) is 15.0. The van der Waals surface area contributed by atoms with Crippen molar-refractivity contribution >= 4 is 29.9 Å². The average molecular weight is 464 g/mol. The van der Waals surface area contributed by atoms with Crippen molar-refractivity contribution in [1.29, 1.82) is 0 Å². The zero-order valence-corrected chi connectivity index (χ0v) is 20.0. The molecule has 1 aliphatic heterocycles. The van der Waals surface area contributed by atoms with Crippen LogP contribution in [0.2, 0.25) is 0 Å². The minimum atomic E-state index is 0. The Hall–Kier alpha value is -2.45. The lowest BCUT2D eigenvalue weighted by Gasteiger charge is -2.27. The van der Waals surface area contributed by atoms with Crippen LogP contribution in [0.4, 0.5) is 5.69 Å². The van der Waals surface area contributed by atoms with Gasteiger partial charge in [0, 0.05) is 57.7 Å². The number of benzene rings is 1. The molecule has 0 saturated carbocycles. The SMILES string of the molecule is Cc1noc(CCC(=O)N2CCCN(C(=O)CC(C)C)c3ccccc3CNCC2)n1.Cl. The molecule has 1 aliphatic rings. The number of fused-ring (bicyclic) bond motifs is 1. The summed E-state index contributed by atoms with van der Waals surface area (Å²) in [6, 6.07) is 8.05. The highest BCUT2D eigenvalue weighted by molar-refractivity contribution is 5.94. The highest BCUT2D eigenvalue weighted by Crippen LogP contribution is 2.23. The highest BCUT2D eigenvalue weighted by atomic mass is 35.5. The van der Waals surface area contributed by atoms with Crippen LogP contribution in [0.15, 0.2) is 28.8 Å². The molecule has 9 heteroatoms. The minimum Gasteiger partial charge on any atom is -0.341 e. The maximum Gasteiger partial charge on any atom is 0.227 e. The van der Waals surface area contributed by atoms with Crippen LogP contribution < -0.4 is 10.2 Å². The van der Waals surface area contributed by atoms with Gasteiger partial charge in [0.25, 0.3) is 0 Å². The molecule has 8 nitrogen and oxygen atoms in total. The van der Waals surface area contributed by atoms with Crippen LogP contribution in [0.1, 0.15) is 50.4 Å². The van der Waals surface area contributed by atoms with Gasteiger partial charge in [-0.25, -0.2) is 0 Å². The third-order valence-corrected chi connectivity index (χ3v) is 5.33. The Morgan fingerprint density at radius 2 is 1.94 bits per heavy atom. The Morgan fingerprint density at radius 1 is 1.16 bits per heavy atom. The van der Waals surface area contributed by atoms with Crippen LogP contribution in [0.5, 0.6) is 0 Å². The van der Waals surface area contributed by atoms with Crippen molar-refractivity contribution in [2.24, 2.45) is 5.92 Å². The number of nitrogens with zero attached hydrogens (tertiary/aromatic N) is 4. The van der Waals surface area contributed by atoms with Gasteiger partial charge in [-0.2, -0.15) is 4.98 Å². The fourth-order valence-electron chi connectivity index (χ4n) is 3.79. The lowest BCUT2D eigenvalue weighted by molar-refractivity contribution is -0.131. The molecule has 2 aromatic rings. The first-order chi connectivity index (χ1) is 14.9. The first-order valence-electron chi connectivity index (χ1n) is 11.1. The number of aromatic nitrogens is 2. The predicted molar refractivity (Wildman–Crippen MR) is 126 cm³/mol. The van der Waals surface area contributed by atoms with Gasteiger partial charge in [0.05, 0.1) is 0 Å². The summed E-state index contributed by atoms with van der Waals surface area (Å²) >= 11 is 0. The number of carbonyl (C=O) groups is 2. The molecule has 0 spiro atoms. The smallest absolute Gasteiger partial charge is 0.227 e. The fraction of sp³-hybridized carbons (Fsp3) is 0.565. The third kappa shape index (κ3) is 7.31. The van der Waals surface area contributed by atoms with Gasteiger partial charge in [-0.3, -0.25) is 9.59 Å².